The number of hydrogen-bond acceptors (Lipinski definition) is 5. The van der Waals surface area contributed by atoms with E-state index in [1.165, 1.54) is 0 Å². The first kappa shape index (κ1) is 14.8. The quantitative estimate of drug-likeness (QED) is 0.598. The highest BCUT2D eigenvalue weighted by Crippen LogP contribution is 2.13. The van der Waals surface area contributed by atoms with Crippen molar-refractivity contribution in [3.05, 3.63) is 0 Å². The van der Waals surface area contributed by atoms with Gasteiger partial charge >= 0.3 is 0 Å². The summed E-state index contributed by atoms with van der Waals surface area (Å²) in [5, 5.41) is 8.89. The van der Waals surface area contributed by atoms with E-state index in [4.69, 9.17) is 24.1 Å². The molecule has 92 valence electrons. The molecule has 0 aliphatic rings. The van der Waals surface area contributed by atoms with E-state index < -0.39 is 0 Å². The average molecular weight is 222 g/mol. The lowest BCUT2D eigenvalue weighted by Crippen LogP contribution is -2.44. The van der Waals surface area contributed by atoms with Gasteiger partial charge < -0.3 is 24.1 Å². The molecule has 0 rings (SSSR count). The number of aliphatic hydroxyl groups is 1. The minimum atomic E-state index is -0.243. The molecule has 0 aliphatic carbocycles. The Labute approximate surface area is 91.3 Å². The molecule has 1 N–H and O–H groups in total. The minimum absolute atomic E-state index is 0.0573. The van der Waals surface area contributed by atoms with Crippen LogP contribution in [0.15, 0.2) is 0 Å². The molecule has 0 saturated carbocycles. The van der Waals surface area contributed by atoms with E-state index in [-0.39, 0.29) is 24.9 Å². The Kier molecular flexibility index (Phi) is 8.94. The monoisotopic (exact) mass is 222 g/mol. The predicted octanol–water partition coefficient (Wildman–Crippen LogP) is 0.0602. The predicted molar refractivity (Wildman–Crippen MR) is 56.0 cm³/mol. The van der Waals surface area contributed by atoms with Gasteiger partial charge in [-0.2, -0.15) is 0 Å². The van der Waals surface area contributed by atoms with E-state index in [0.29, 0.717) is 13.0 Å². The maximum Gasteiger partial charge on any atom is 0.112 e. The van der Waals surface area contributed by atoms with Gasteiger partial charge in [0.15, 0.2) is 0 Å². The van der Waals surface area contributed by atoms with Gasteiger partial charge in [-0.1, -0.05) is 0 Å². The highest BCUT2D eigenvalue weighted by molar-refractivity contribution is 4.79. The van der Waals surface area contributed by atoms with Crippen molar-refractivity contribution in [2.75, 3.05) is 41.7 Å². The van der Waals surface area contributed by atoms with Crippen molar-refractivity contribution in [1.82, 2.24) is 0 Å². The van der Waals surface area contributed by atoms with Crippen LogP contribution >= 0.6 is 0 Å². The summed E-state index contributed by atoms with van der Waals surface area (Å²) < 4.78 is 20.9. The fourth-order valence-electron chi connectivity index (χ4n) is 1.55. The molecular formula is C10H22O5. The van der Waals surface area contributed by atoms with Gasteiger partial charge in [-0.15, -0.1) is 0 Å². The molecule has 0 bridgehead atoms. The van der Waals surface area contributed by atoms with E-state index in [1.807, 2.05) is 0 Å². The normalized spacial score (nSPS) is 17.4. The number of aliphatic hydroxyl groups excluding tert-OH is 1. The van der Waals surface area contributed by atoms with Crippen molar-refractivity contribution >= 4 is 0 Å². The van der Waals surface area contributed by atoms with Crippen molar-refractivity contribution in [1.29, 1.82) is 0 Å². The minimum Gasteiger partial charge on any atom is -0.396 e. The van der Waals surface area contributed by atoms with Gasteiger partial charge in [-0.05, 0) is 6.42 Å². The fourth-order valence-corrected chi connectivity index (χ4v) is 1.55. The summed E-state index contributed by atoms with van der Waals surface area (Å²) >= 11 is 0. The summed E-state index contributed by atoms with van der Waals surface area (Å²) in [4.78, 5) is 0. The summed E-state index contributed by atoms with van der Waals surface area (Å²) in [6.45, 7) is 0.488. The lowest BCUT2D eigenvalue weighted by Gasteiger charge is -2.30. The van der Waals surface area contributed by atoms with Crippen LogP contribution in [0.2, 0.25) is 0 Å². The second kappa shape index (κ2) is 9.06. The lowest BCUT2D eigenvalue weighted by molar-refractivity contribution is -0.127. The first-order valence-corrected chi connectivity index (χ1v) is 4.93. The highest BCUT2D eigenvalue weighted by Gasteiger charge is 2.29. The van der Waals surface area contributed by atoms with Crippen LogP contribution < -0.4 is 0 Å². The molecule has 0 aliphatic heterocycles. The topological polar surface area (TPSA) is 57.2 Å². The molecule has 0 aromatic carbocycles. The molecule has 5 nitrogen and oxygen atoms in total. The van der Waals surface area contributed by atoms with Gasteiger partial charge in [0.2, 0.25) is 0 Å². The Morgan fingerprint density at radius 3 is 1.87 bits per heavy atom. The van der Waals surface area contributed by atoms with E-state index in [1.54, 1.807) is 28.4 Å². The Morgan fingerprint density at radius 2 is 1.53 bits per heavy atom. The Hall–Kier alpha value is -0.200. The molecule has 15 heavy (non-hydrogen) atoms. The van der Waals surface area contributed by atoms with Crippen LogP contribution in [0.3, 0.4) is 0 Å². The lowest BCUT2D eigenvalue weighted by atomic mass is 10.1. The molecule has 0 heterocycles. The van der Waals surface area contributed by atoms with Crippen LogP contribution in [0, 0.1) is 0 Å². The second-order valence-corrected chi connectivity index (χ2v) is 3.22. The van der Waals surface area contributed by atoms with Gasteiger partial charge in [0.25, 0.3) is 0 Å². The van der Waals surface area contributed by atoms with Crippen LogP contribution in [-0.4, -0.2) is 65.1 Å². The first-order chi connectivity index (χ1) is 7.24. The van der Waals surface area contributed by atoms with Crippen molar-refractivity contribution < 1.29 is 24.1 Å². The van der Waals surface area contributed by atoms with E-state index in [2.05, 4.69) is 0 Å². The molecule has 3 unspecified atom stereocenters. The third-order valence-corrected chi connectivity index (χ3v) is 2.36. The zero-order valence-corrected chi connectivity index (χ0v) is 9.93. The first-order valence-electron chi connectivity index (χ1n) is 4.93. The summed E-state index contributed by atoms with van der Waals surface area (Å²) in [7, 11) is 6.38. The molecule has 0 aromatic heterocycles. The van der Waals surface area contributed by atoms with Crippen LogP contribution in [0.1, 0.15) is 6.42 Å². The molecule has 5 heteroatoms. The van der Waals surface area contributed by atoms with Crippen molar-refractivity contribution in [2.24, 2.45) is 0 Å². The molecule has 0 amide bonds. The molecule has 3 atom stereocenters. The van der Waals surface area contributed by atoms with Gasteiger partial charge in [0.1, 0.15) is 12.2 Å². The van der Waals surface area contributed by atoms with Crippen LogP contribution in [0.4, 0.5) is 0 Å². The number of ether oxygens (including phenoxy) is 4. The molecular weight excluding hydrogens is 200 g/mol. The Bertz CT molecular complexity index is 128. The Balaban J connectivity index is 4.37. The van der Waals surface area contributed by atoms with Gasteiger partial charge in [0.05, 0.1) is 12.7 Å². The molecule has 0 spiro atoms. The van der Waals surface area contributed by atoms with E-state index >= 15 is 0 Å². The van der Waals surface area contributed by atoms with Gasteiger partial charge in [0, 0.05) is 35.0 Å². The number of rotatable bonds is 9. The molecule has 0 saturated heterocycles. The van der Waals surface area contributed by atoms with E-state index in [0.717, 1.165) is 0 Å². The summed E-state index contributed by atoms with van der Waals surface area (Å²) in [5.41, 5.74) is 0. The maximum atomic E-state index is 8.89. The fraction of sp³-hybridized carbons (Fsp3) is 1.00. The summed E-state index contributed by atoms with van der Waals surface area (Å²) in [6, 6.07) is 0. The smallest absolute Gasteiger partial charge is 0.112 e. The number of hydrogen-bond donors (Lipinski definition) is 1. The third kappa shape index (κ3) is 4.90. The third-order valence-electron chi connectivity index (χ3n) is 2.36. The molecule has 0 aromatic rings. The zero-order chi connectivity index (χ0) is 11.7. The highest BCUT2D eigenvalue weighted by atomic mass is 16.6. The zero-order valence-electron chi connectivity index (χ0n) is 9.93. The average Bonchev–Trinajstić information content (AvgIpc) is 2.27. The molecule has 0 fully saturated rings. The largest absolute Gasteiger partial charge is 0.396 e. The van der Waals surface area contributed by atoms with Crippen LogP contribution in [0.5, 0.6) is 0 Å². The maximum absolute atomic E-state index is 8.89. The van der Waals surface area contributed by atoms with Crippen molar-refractivity contribution in [3.8, 4) is 0 Å². The standard InChI is InChI=1S/C10H22O5/c1-12-7-9(14-3)10(15-4)8(13-2)5-6-11/h8-11H,5-7H2,1-4H3. The van der Waals surface area contributed by atoms with Crippen molar-refractivity contribution in [2.45, 2.75) is 24.7 Å². The van der Waals surface area contributed by atoms with Gasteiger partial charge in [-0.25, -0.2) is 0 Å². The summed E-state index contributed by atoms with van der Waals surface area (Å²) in [6.07, 6.45) is -0.123. The van der Waals surface area contributed by atoms with Crippen LogP contribution in [0.25, 0.3) is 0 Å². The second-order valence-electron chi connectivity index (χ2n) is 3.22. The number of methoxy groups -OCH3 is 4. The van der Waals surface area contributed by atoms with E-state index in [9.17, 15) is 0 Å². The van der Waals surface area contributed by atoms with Crippen LogP contribution in [-0.2, 0) is 18.9 Å². The van der Waals surface area contributed by atoms with Gasteiger partial charge in [-0.3, -0.25) is 0 Å². The SMILES string of the molecule is COCC(OC)C(OC)C(CCO)OC. The Morgan fingerprint density at radius 1 is 0.933 bits per heavy atom. The van der Waals surface area contributed by atoms with Crippen molar-refractivity contribution in [3.63, 3.8) is 0 Å². The summed E-state index contributed by atoms with van der Waals surface area (Å²) in [5.74, 6) is 0. The molecule has 0 radical (unpaired) electrons.